The van der Waals surface area contributed by atoms with Crippen molar-refractivity contribution in [2.45, 2.75) is 38.6 Å². The molecule has 172 valence electrons. The molecule has 0 saturated heterocycles. The number of amides is 1. The summed E-state index contributed by atoms with van der Waals surface area (Å²) in [5.74, 6) is -0.187. The average Bonchev–Trinajstić information content (AvgIpc) is 2.75. The number of aryl methyl sites for hydroxylation is 2. The molecule has 0 fully saturated rings. The van der Waals surface area contributed by atoms with Crippen molar-refractivity contribution in [1.29, 1.82) is 0 Å². The van der Waals surface area contributed by atoms with Crippen LogP contribution in [0, 0.1) is 19.8 Å². The van der Waals surface area contributed by atoms with Crippen molar-refractivity contribution in [3.63, 3.8) is 0 Å². The van der Waals surface area contributed by atoms with Gasteiger partial charge in [-0.2, -0.15) is 4.98 Å². The number of rotatable bonds is 2. The molecule has 4 rings (SSSR count). The second-order valence-corrected chi connectivity index (χ2v) is 10.1. The zero-order chi connectivity index (χ0) is 23.8. The number of hydrogen-bond acceptors (Lipinski definition) is 6. The molecule has 8 nitrogen and oxygen atoms in total. The Morgan fingerprint density at radius 1 is 1.03 bits per heavy atom. The van der Waals surface area contributed by atoms with Crippen LogP contribution < -0.4 is 14.8 Å². The molecule has 0 unspecified atom stereocenters. The Hall–Kier alpha value is -3.46. The molecular weight excluding hydrogens is 440 g/mol. The predicted octanol–water partition coefficient (Wildman–Crippen LogP) is 3.71. The van der Waals surface area contributed by atoms with E-state index < -0.39 is 10.0 Å². The number of nitrogens with one attached hydrogen (secondary N) is 2. The minimum absolute atomic E-state index is 0.0564. The standard InChI is InChI=1S/C24H26N4O4S/c1-14(2)20-13-32-21-12-19(22-15(3)7-5-8-16(22)4)26-24(27-21)28-33(30,31)18-10-6-9-17(11-18)23(29)25-20/h5-12,14,20H,13H2,1-4H3,(H,25,29)(H,26,27,28)/t20-/m1/s1. The highest BCUT2D eigenvalue weighted by Gasteiger charge is 2.24. The molecule has 2 heterocycles. The fourth-order valence-electron chi connectivity index (χ4n) is 3.70. The first-order chi connectivity index (χ1) is 15.6. The van der Waals surface area contributed by atoms with Crippen LogP contribution >= 0.6 is 0 Å². The number of fused-ring (bicyclic) bond motifs is 4. The number of anilines is 1. The highest BCUT2D eigenvalue weighted by molar-refractivity contribution is 7.92. The molecule has 3 aromatic rings. The zero-order valence-electron chi connectivity index (χ0n) is 18.9. The van der Waals surface area contributed by atoms with Gasteiger partial charge in [0.15, 0.2) is 0 Å². The van der Waals surface area contributed by atoms with E-state index in [4.69, 9.17) is 4.74 Å². The second kappa shape index (κ2) is 8.82. The van der Waals surface area contributed by atoms with E-state index >= 15 is 0 Å². The van der Waals surface area contributed by atoms with Gasteiger partial charge >= 0.3 is 0 Å². The van der Waals surface area contributed by atoms with Gasteiger partial charge in [0.25, 0.3) is 15.9 Å². The first-order valence-corrected chi connectivity index (χ1v) is 12.1. The number of hydrogen-bond donors (Lipinski definition) is 2. The van der Waals surface area contributed by atoms with Gasteiger partial charge in [-0.3, -0.25) is 4.79 Å². The van der Waals surface area contributed by atoms with E-state index in [2.05, 4.69) is 20.0 Å². The molecule has 1 atom stereocenters. The monoisotopic (exact) mass is 466 g/mol. The van der Waals surface area contributed by atoms with Crippen LogP contribution in [-0.2, 0) is 10.0 Å². The first kappa shape index (κ1) is 22.7. The lowest BCUT2D eigenvalue weighted by molar-refractivity contribution is 0.0902. The molecule has 2 aromatic carbocycles. The highest BCUT2D eigenvalue weighted by atomic mass is 32.2. The lowest BCUT2D eigenvalue weighted by atomic mass is 10.00. The lowest BCUT2D eigenvalue weighted by Gasteiger charge is -2.22. The Bertz CT molecular complexity index is 1300. The number of carbonyl (C=O) groups is 1. The third-order valence-corrected chi connectivity index (χ3v) is 6.93. The molecule has 1 aliphatic heterocycles. The molecule has 1 aliphatic rings. The number of carbonyl (C=O) groups excluding carboxylic acids is 1. The van der Waals surface area contributed by atoms with Crippen LogP contribution in [0.15, 0.2) is 53.4 Å². The summed E-state index contributed by atoms with van der Waals surface area (Å²) in [6.45, 7) is 8.05. The number of nitrogens with zero attached hydrogens (tertiary/aromatic N) is 2. The minimum Gasteiger partial charge on any atom is -0.475 e. The summed E-state index contributed by atoms with van der Waals surface area (Å²) in [5.41, 5.74) is 3.65. The van der Waals surface area contributed by atoms with Crippen LogP contribution in [0.1, 0.15) is 35.3 Å². The first-order valence-electron chi connectivity index (χ1n) is 10.7. The van der Waals surface area contributed by atoms with Gasteiger partial charge in [-0.25, -0.2) is 18.1 Å². The quantitative estimate of drug-likeness (QED) is 0.596. The van der Waals surface area contributed by atoms with Gasteiger partial charge in [-0.1, -0.05) is 38.1 Å². The lowest BCUT2D eigenvalue weighted by Crippen LogP contribution is -2.42. The van der Waals surface area contributed by atoms with E-state index in [9.17, 15) is 13.2 Å². The third kappa shape index (κ3) is 4.83. The van der Waals surface area contributed by atoms with E-state index in [0.717, 1.165) is 16.7 Å². The van der Waals surface area contributed by atoms with E-state index in [-0.39, 0.29) is 46.8 Å². The Kier molecular flexibility index (Phi) is 6.07. The molecular formula is C24H26N4O4S. The average molecular weight is 467 g/mol. The molecule has 9 heteroatoms. The molecule has 0 aliphatic carbocycles. The summed E-state index contributed by atoms with van der Waals surface area (Å²) in [6, 6.07) is 13.1. The van der Waals surface area contributed by atoms with Crippen LogP contribution in [0.2, 0.25) is 0 Å². The van der Waals surface area contributed by atoms with E-state index in [1.54, 1.807) is 12.1 Å². The predicted molar refractivity (Wildman–Crippen MR) is 126 cm³/mol. The van der Waals surface area contributed by atoms with E-state index in [1.807, 2.05) is 45.9 Å². The van der Waals surface area contributed by atoms with Crippen molar-refractivity contribution in [2.24, 2.45) is 5.92 Å². The summed E-state index contributed by atoms with van der Waals surface area (Å²) in [5, 5.41) is 2.94. The maximum Gasteiger partial charge on any atom is 0.264 e. The number of aromatic nitrogens is 2. The summed E-state index contributed by atoms with van der Waals surface area (Å²) in [7, 11) is -4.04. The Balaban J connectivity index is 1.88. The highest BCUT2D eigenvalue weighted by Crippen LogP contribution is 2.29. The fraction of sp³-hybridized carbons (Fsp3) is 0.292. The van der Waals surface area contributed by atoms with Gasteiger partial charge in [0.1, 0.15) is 6.61 Å². The van der Waals surface area contributed by atoms with Gasteiger partial charge in [0.2, 0.25) is 11.8 Å². The Morgan fingerprint density at radius 2 is 1.73 bits per heavy atom. The molecule has 1 aromatic heterocycles. The van der Waals surface area contributed by atoms with Gasteiger partial charge in [-0.15, -0.1) is 0 Å². The second-order valence-electron chi connectivity index (χ2n) is 8.45. The number of ether oxygens (including phenoxy) is 1. The van der Waals surface area contributed by atoms with Gasteiger partial charge in [0, 0.05) is 17.2 Å². The molecule has 1 amide bonds. The molecule has 0 spiro atoms. The zero-order valence-corrected chi connectivity index (χ0v) is 19.7. The molecule has 33 heavy (non-hydrogen) atoms. The van der Waals surface area contributed by atoms with Crippen LogP contribution in [0.25, 0.3) is 11.3 Å². The smallest absolute Gasteiger partial charge is 0.264 e. The van der Waals surface area contributed by atoms with E-state index in [1.165, 1.54) is 18.2 Å². The summed E-state index contributed by atoms with van der Waals surface area (Å²) < 4.78 is 34.5. The van der Waals surface area contributed by atoms with Crippen LogP contribution in [0.3, 0.4) is 0 Å². The van der Waals surface area contributed by atoms with Gasteiger partial charge in [0.05, 0.1) is 16.6 Å². The number of benzene rings is 2. The van der Waals surface area contributed by atoms with Gasteiger partial charge in [-0.05, 0) is 49.1 Å². The van der Waals surface area contributed by atoms with Crippen molar-refractivity contribution >= 4 is 21.9 Å². The normalized spacial score (nSPS) is 17.6. The summed E-state index contributed by atoms with van der Waals surface area (Å²) in [6.07, 6.45) is 0. The largest absolute Gasteiger partial charge is 0.475 e. The number of sulfonamides is 1. The van der Waals surface area contributed by atoms with Crippen molar-refractivity contribution < 1.29 is 17.9 Å². The Labute approximate surface area is 193 Å². The van der Waals surface area contributed by atoms with Crippen molar-refractivity contribution in [1.82, 2.24) is 15.3 Å². The minimum atomic E-state index is -4.04. The van der Waals surface area contributed by atoms with E-state index in [0.29, 0.717) is 5.69 Å². The third-order valence-electron chi connectivity index (χ3n) is 5.60. The van der Waals surface area contributed by atoms with Crippen molar-refractivity contribution in [3.05, 3.63) is 65.2 Å². The SMILES string of the molecule is Cc1cccc(C)c1-c1cc2nc(n1)NS(=O)(=O)c1cccc(c1)C(=O)N[C@@H](C(C)C)CO2. The van der Waals surface area contributed by atoms with Gasteiger partial charge < -0.3 is 10.1 Å². The van der Waals surface area contributed by atoms with Crippen molar-refractivity contribution in [2.75, 3.05) is 11.3 Å². The summed E-state index contributed by atoms with van der Waals surface area (Å²) >= 11 is 0. The molecule has 2 N–H and O–H groups in total. The van der Waals surface area contributed by atoms with Crippen LogP contribution in [0.4, 0.5) is 5.95 Å². The maximum absolute atomic E-state index is 13.1. The van der Waals surface area contributed by atoms with Crippen LogP contribution in [0.5, 0.6) is 5.88 Å². The van der Waals surface area contributed by atoms with Crippen molar-refractivity contribution in [3.8, 4) is 17.1 Å². The molecule has 0 saturated carbocycles. The maximum atomic E-state index is 13.1. The fourth-order valence-corrected chi connectivity index (χ4v) is 4.69. The topological polar surface area (TPSA) is 110 Å². The summed E-state index contributed by atoms with van der Waals surface area (Å²) in [4.78, 5) is 21.5. The van der Waals surface area contributed by atoms with Crippen LogP contribution in [-0.4, -0.2) is 36.9 Å². The Morgan fingerprint density at radius 3 is 2.42 bits per heavy atom. The molecule has 0 radical (unpaired) electrons. The molecule has 4 bridgehead atoms.